The van der Waals surface area contributed by atoms with Crippen LogP contribution < -0.4 is 10.5 Å². The zero-order valence-corrected chi connectivity index (χ0v) is 10.2. The molecule has 2 heteroatoms. The van der Waals surface area contributed by atoms with E-state index in [-0.39, 0.29) is 0 Å². The summed E-state index contributed by atoms with van der Waals surface area (Å²) in [5, 5.41) is 0. The third-order valence-electron chi connectivity index (χ3n) is 2.91. The molecule has 2 nitrogen and oxygen atoms in total. The van der Waals surface area contributed by atoms with Gasteiger partial charge in [-0.1, -0.05) is 26.0 Å². The van der Waals surface area contributed by atoms with Crippen LogP contribution in [0, 0.1) is 12.8 Å². The third kappa shape index (κ3) is 1.92. The van der Waals surface area contributed by atoms with Gasteiger partial charge in [-0.25, -0.2) is 0 Å². The molecule has 1 aliphatic rings. The van der Waals surface area contributed by atoms with Gasteiger partial charge >= 0.3 is 0 Å². The molecule has 2 N–H and O–H groups in total. The molecular weight excluding hydrogens is 198 g/mol. The van der Waals surface area contributed by atoms with Crippen LogP contribution in [0.1, 0.15) is 31.4 Å². The molecule has 0 saturated carbocycles. The topological polar surface area (TPSA) is 35.2 Å². The zero-order valence-electron chi connectivity index (χ0n) is 10.2. The summed E-state index contributed by atoms with van der Waals surface area (Å²) < 4.78 is 5.65. The quantitative estimate of drug-likeness (QED) is 0.732. The van der Waals surface area contributed by atoms with E-state index >= 15 is 0 Å². The summed E-state index contributed by atoms with van der Waals surface area (Å²) in [5.41, 5.74) is 10.6. The molecule has 0 amide bonds. The van der Waals surface area contributed by atoms with Crippen LogP contribution in [0.2, 0.25) is 0 Å². The van der Waals surface area contributed by atoms with Gasteiger partial charge in [0.1, 0.15) is 5.75 Å². The largest absolute Gasteiger partial charge is 0.493 e. The van der Waals surface area contributed by atoms with Crippen molar-refractivity contribution in [2.75, 3.05) is 12.3 Å². The number of nitrogen functional groups attached to an aromatic ring is 1. The lowest BCUT2D eigenvalue weighted by Gasteiger charge is -2.23. The summed E-state index contributed by atoms with van der Waals surface area (Å²) in [6, 6.07) is 4.04. The first-order valence-electron chi connectivity index (χ1n) is 5.82. The number of hydrogen-bond donors (Lipinski definition) is 1. The maximum absolute atomic E-state index is 6.15. The number of hydrogen-bond acceptors (Lipinski definition) is 2. The molecule has 86 valence electrons. The molecule has 0 bridgehead atoms. The van der Waals surface area contributed by atoms with E-state index < -0.39 is 0 Å². The van der Waals surface area contributed by atoms with Crippen LogP contribution in [0.3, 0.4) is 0 Å². The average molecular weight is 217 g/mol. The van der Waals surface area contributed by atoms with E-state index in [0.717, 1.165) is 35.6 Å². The Bertz CT molecular complexity index is 433. The summed E-state index contributed by atoms with van der Waals surface area (Å²) in [5.74, 6) is 1.47. The number of benzene rings is 1. The summed E-state index contributed by atoms with van der Waals surface area (Å²) in [4.78, 5) is 0. The Hall–Kier alpha value is -1.44. The first kappa shape index (κ1) is 11.1. The predicted molar refractivity (Wildman–Crippen MR) is 68.5 cm³/mol. The molecule has 2 rings (SSSR count). The van der Waals surface area contributed by atoms with Crippen molar-refractivity contribution in [2.45, 2.75) is 27.2 Å². The summed E-state index contributed by atoms with van der Waals surface area (Å²) >= 11 is 0. The fourth-order valence-corrected chi connectivity index (χ4v) is 2.12. The molecule has 0 spiro atoms. The fraction of sp³-hybridized carbons (Fsp3) is 0.429. The SMILES string of the molecule is Cc1ccc2c(c1N)/C(=C\C(C)C)CCO2. The lowest BCUT2D eigenvalue weighted by atomic mass is 9.93. The van der Waals surface area contributed by atoms with Crippen LogP contribution in [0.15, 0.2) is 18.2 Å². The highest BCUT2D eigenvalue weighted by atomic mass is 16.5. The normalized spacial score (nSPS) is 17.4. The van der Waals surface area contributed by atoms with Crippen molar-refractivity contribution in [3.8, 4) is 5.75 Å². The number of aryl methyl sites for hydroxylation is 1. The van der Waals surface area contributed by atoms with Crippen LogP contribution in [-0.2, 0) is 0 Å². The lowest BCUT2D eigenvalue weighted by molar-refractivity contribution is 0.316. The third-order valence-corrected chi connectivity index (χ3v) is 2.91. The van der Waals surface area contributed by atoms with Crippen LogP contribution in [0.5, 0.6) is 5.75 Å². The Kier molecular flexibility index (Phi) is 2.90. The van der Waals surface area contributed by atoms with Crippen molar-refractivity contribution >= 4 is 11.3 Å². The predicted octanol–water partition coefficient (Wildman–Crippen LogP) is 3.40. The molecule has 0 radical (unpaired) electrons. The summed E-state index contributed by atoms with van der Waals surface area (Å²) in [6.45, 7) is 7.17. The molecule has 1 heterocycles. The molecule has 1 aromatic rings. The highest BCUT2D eigenvalue weighted by Gasteiger charge is 2.19. The summed E-state index contributed by atoms with van der Waals surface area (Å²) in [7, 11) is 0. The minimum absolute atomic E-state index is 0.542. The monoisotopic (exact) mass is 217 g/mol. The Labute approximate surface area is 97.1 Å². The maximum Gasteiger partial charge on any atom is 0.128 e. The molecule has 16 heavy (non-hydrogen) atoms. The van der Waals surface area contributed by atoms with Gasteiger partial charge in [0.25, 0.3) is 0 Å². The number of ether oxygens (including phenoxy) is 1. The van der Waals surface area contributed by atoms with Crippen molar-refractivity contribution in [3.05, 3.63) is 29.3 Å². The van der Waals surface area contributed by atoms with Gasteiger partial charge in [0.05, 0.1) is 6.61 Å². The standard InChI is InChI=1S/C14H19NO/c1-9(2)8-11-6-7-16-12-5-4-10(3)14(15)13(11)12/h4-5,8-9H,6-7,15H2,1-3H3/b11-8-. The van der Waals surface area contributed by atoms with E-state index in [9.17, 15) is 0 Å². The zero-order chi connectivity index (χ0) is 11.7. The first-order valence-corrected chi connectivity index (χ1v) is 5.82. The first-order chi connectivity index (χ1) is 7.59. The van der Waals surface area contributed by atoms with E-state index in [4.69, 9.17) is 10.5 Å². The number of rotatable bonds is 1. The highest BCUT2D eigenvalue weighted by molar-refractivity contribution is 5.82. The van der Waals surface area contributed by atoms with E-state index in [1.165, 1.54) is 5.57 Å². The van der Waals surface area contributed by atoms with Crippen LogP contribution in [-0.4, -0.2) is 6.61 Å². The van der Waals surface area contributed by atoms with Crippen molar-refractivity contribution in [2.24, 2.45) is 5.92 Å². The van der Waals surface area contributed by atoms with Gasteiger partial charge in [-0.3, -0.25) is 0 Å². The number of fused-ring (bicyclic) bond motifs is 1. The van der Waals surface area contributed by atoms with Gasteiger partial charge in [0.2, 0.25) is 0 Å². The molecule has 0 unspecified atom stereocenters. The van der Waals surface area contributed by atoms with Crippen molar-refractivity contribution in [1.82, 2.24) is 0 Å². The minimum atomic E-state index is 0.542. The van der Waals surface area contributed by atoms with Crippen molar-refractivity contribution < 1.29 is 4.74 Å². The van der Waals surface area contributed by atoms with Crippen LogP contribution in [0.25, 0.3) is 5.57 Å². The number of nitrogens with two attached hydrogens (primary N) is 1. The van der Waals surface area contributed by atoms with E-state index in [2.05, 4.69) is 19.9 Å². The van der Waals surface area contributed by atoms with Gasteiger partial charge in [-0.2, -0.15) is 0 Å². The number of anilines is 1. The van der Waals surface area contributed by atoms with Gasteiger partial charge in [-0.05, 0) is 30.0 Å². The Balaban J connectivity index is 2.56. The second-order valence-corrected chi connectivity index (χ2v) is 4.70. The Morgan fingerprint density at radius 3 is 2.81 bits per heavy atom. The second-order valence-electron chi connectivity index (χ2n) is 4.70. The summed E-state index contributed by atoms with van der Waals surface area (Å²) in [6.07, 6.45) is 3.25. The Morgan fingerprint density at radius 1 is 1.38 bits per heavy atom. The highest BCUT2D eigenvalue weighted by Crippen LogP contribution is 2.39. The van der Waals surface area contributed by atoms with Gasteiger partial charge in [0.15, 0.2) is 0 Å². The molecule has 0 saturated heterocycles. The lowest BCUT2D eigenvalue weighted by Crippen LogP contribution is -2.11. The van der Waals surface area contributed by atoms with Crippen LogP contribution in [0.4, 0.5) is 5.69 Å². The second kappa shape index (κ2) is 4.20. The van der Waals surface area contributed by atoms with Crippen molar-refractivity contribution in [1.29, 1.82) is 0 Å². The molecule has 0 atom stereocenters. The van der Waals surface area contributed by atoms with Gasteiger partial charge in [0, 0.05) is 17.7 Å². The Morgan fingerprint density at radius 2 is 2.12 bits per heavy atom. The molecule has 1 aliphatic heterocycles. The minimum Gasteiger partial charge on any atom is -0.493 e. The van der Waals surface area contributed by atoms with Gasteiger partial charge in [-0.15, -0.1) is 0 Å². The van der Waals surface area contributed by atoms with E-state index in [0.29, 0.717) is 5.92 Å². The van der Waals surface area contributed by atoms with E-state index in [1.807, 2.05) is 19.1 Å². The number of allylic oxidation sites excluding steroid dienone is 1. The molecule has 0 aliphatic carbocycles. The van der Waals surface area contributed by atoms with Crippen LogP contribution >= 0.6 is 0 Å². The molecule has 0 fully saturated rings. The average Bonchev–Trinajstić information content (AvgIpc) is 2.23. The molecule has 0 aromatic heterocycles. The molecule has 1 aromatic carbocycles. The molecular formula is C14H19NO. The van der Waals surface area contributed by atoms with E-state index in [1.54, 1.807) is 0 Å². The van der Waals surface area contributed by atoms with Gasteiger partial charge < -0.3 is 10.5 Å². The fourth-order valence-electron chi connectivity index (χ4n) is 2.12. The smallest absolute Gasteiger partial charge is 0.128 e. The maximum atomic E-state index is 6.15. The van der Waals surface area contributed by atoms with Crippen molar-refractivity contribution in [3.63, 3.8) is 0 Å².